The van der Waals surface area contributed by atoms with Gasteiger partial charge in [-0.05, 0) is 37.0 Å². The van der Waals surface area contributed by atoms with E-state index in [-0.39, 0.29) is 0 Å². The van der Waals surface area contributed by atoms with Crippen molar-refractivity contribution >= 4 is 0 Å². The van der Waals surface area contributed by atoms with Crippen LogP contribution >= 0.6 is 0 Å². The van der Waals surface area contributed by atoms with Crippen LogP contribution in [0.4, 0.5) is 0 Å². The predicted molar refractivity (Wildman–Crippen MR) is 88.1 cm³/mol. The zero-order valence-corrected chi connectivity index (χ0v) is 14.4. The maximum atomic E-state index is 3.81. The lowest BCUT2D eigenvalue weighted by atomic mass is 9.71. The summed E-state index contributed by atoms with van der Waals surface area (Å²) >= 11 is 0. The molecule has 1 saturated carbocycles. The van der Waals surface area contributed by atoms with E-state index in [1.807, 2.05) is 0 Å². The van der Waals surface area contributed by atoms with Crippen molar-refractivity contribution in [2.45, 2.75) is 91.3 Å². The summed E-state index contributed by atoms with van der Waals surface area (Å²) in [6.07, 6.45) is 8.30. The van der Waals surface area contributed by atoms with Gasteiger partial charge in [0.25, 0.3) is 0 Å². The van der Waals surface area contributed by atoms with Crippen molar-refractivity contribution in [3.05, 3.63) is 0 Å². The van der Waals surface area contributed by atoms with Crippen molar-refractivity contribution in [3.63, 3.8) is 0 Å². The highest BCUT2D eigenvalue weighted by atomic mass is 15.3. The Morgan fingerprint density at radius 1 is 1.25 bits per heavy atom. The molecule has 1 aliphatic carbocycles. The van der Waals surface area contributed by atoms with Gasteiger partial charge in [-0.3, -0.25) is 4.90 Å². The van der Waals surface area contributed by atoms with Crippen LogP contribution in [0.3, 0.4) is 0 Å². The number of nitrogens with zero attached hydrogens (tertiary/aromatic N) is 1. The number of hydrogen-bond donors (Lipinski definition) is 1. The van der Waals surface area contributed by atoms with Gasteiger partial charge >= 0.3 is 0 Å². The van der Waals surface area contributed by atoms with E-state index in [9.17, 15) is 0 Å². The molecule has 3 unspecified atom stereocenters. The van der Waals surface area contributed by atoms with Crippen LogP contribution in [0.1, 0.15) is 73.1 Å². The van der Waals surface area contributed by atoms with E-state index in [1.165, 1.54) is 51.6 Å². The third kappa shape index (κ3) is 3.76. The van der Waals surface area contributed by atoms with E-state index in [0.29, 0.717) is 11.5 Å². The smallest absolute Gasteiger partial charge is 0.0221 e. The summed E-state index contributed by atoms with van der Waals surface area (Å²) in [5, 5.41) is 3.81. The van der Waals surface area contributed by atoms with Crippen LogP contribution in [0.15, 0.2) is 0 Å². The molecule has 2 aliphatic rings. The molecule has 0 bridgehead atoms. The third-order valence-electron chi connectivity index (χ3n) is 5.62. The normalized spacial score (nSPS) is 35.4. The highest BCUT2D eigenvalue weighted by molar-refractivity contribution is 4.96. The molecule has 2 fully saturated rings. The molecule has 3 atom stereocenters. The molecular weight excluding hydrogens is 244 g/mol. The quantitative estimate of drug-likeness (QED) is 0.835. The first-order valence-corrected chi connectivity index (χ1v) is 8.93. The van der Waals surface area contributed by atoms with Gasteiger partial charge in [0.2, 0.25) is 0 Å². The Bertz CT molecular complexity index is 298. The van der Waals surface area contributed by atoms with Crippen molar-refractivity contribution in [1.29, 1.82) is 0 Å². The average molecular weight is 280 g/mol. The zero-order chi connectivity index (χ0) is 14.8. The molecule has 1 aliphatic heterocycles. The summed E-state index contributed by atoms with van der Waals surface area (Å²) in [5.74, 6) is 0.798. The molecule has 20 heavy (non-hydrogen) atoms. The Labute approximate surface area is 126 Å². The topological polar surface area (TPSA) is 15.3 Å². The molecule has 118 valence electrons. The second-order valence-corrected chi connectivity index (χ2v) is 8.24. The van der Waals surface area contributed by atoms with Gasteiger partial charge in [0, 0.05) is 31.2 Å². The first-order valence-electron chi connectivity index (χ1n) is 8.93. The molecule has 0 aromatic rings. The molecule has 0 spiro atoms. The van der Waals surface area contributed by atoms with Gasteiger partial charge in [-0.1, -0.05) is 47.5 Å². The first-order chi connectivity index (χ1) is 9.44. The molecule has 1 heterocycles. The predicted octanol–water partition coefficient (Wildman–Crippen LogP) is 4.05. The molecule has 0 aromatic heterocycles. The van der Waals surface area contributed by atoms with E-state index >= 15 is 0 Å². The van der Waals surface area contributed by atoms with Crippen molar-refractivity contribution in [2.24, 2.45) is 11.3 Å². The minimum Gasteiger partial charge on any atom is -0.311 e. The molecule has 2 heteroatoms. The number of nitrogens with one attached hydrogen (secondary N) is 1. The van der Waals surface area contributed by atoms with Gasteiger partial charge in [-0.25, -0.2) is 0 Å². The second-order valence-electron chi connectivity index (χ2n) is 8.24. The fraction of sp³-hybridized carbons (Fsp3) is 1.00. The Morgan fingerprint density at radius 3 is 2.60 bits per heavy atom. The maximum Gasteiger partial charge on any atom is 0.0221 e. The Balaban J connectivity index is 2.07. The van der Waals surface area contributed by atoms with Crippen LogP contribution in [-0.4, -0.2) is 36.1 Å². The standard InChI is InChI=1S/C18H36N2/c1-6-16-12-19-15(11-14(2)3)13-20(16)17-9-7-8-10-18(17,4)5/h14-17,19H,6-13H2,1-5H3. The minimum atomic E-state index is 0.505. The Morgan fingerprint density at radius 2 is 2.00 bits per heavy atom. The molecule has 0 radical (unpaired) electrons. The van der Waals surface area contributed by atoms with Gasteiger partial charge in [-0.15, -0.1) is 0 Å². The highest BCUT2D eigenvalue weighted by Gasteiger charge is 2.40. The average Bonchev–Trinajstić information content (AvgIpc) is 2.37. The van der Waals surface area contributed by atoms with Crippen LogP contribution in [-0.2, 0) is 0 Å². The summed E-state index contributed by atoms with van der Waals surface area (Å²) in [6, 6.07) is 2.26. The van der Waals surface area contributed by atoms with Crippen LogP contribution in [0.5, 0.6) is 0 Å². The van der Waals surface area contributed by atoms with Crippen LogP contribution < -0.4 is 5.32 Å². The van der Waals surface area contributed by atoms with Gasteiger partial charge in [0.15, 0.2) is 0 Å². The summed E-state index contributed by atoms with van der Waals surface area (Å²) in [5.41, 5.74) is 0.505. The Hall–Kier alpha value is -0.0800. The van der Waals surface area contributed by atoms with Gasteiger partial charge in [-0.2, -0.15) is 0 Å². The lowest BCUT2D eigenvalue weighted by molar-refractivity contribution is -0.00873. The van der Waals surface area contributed by atoms with E-state index in [4.69, 9.17) is 0 Å². The summed E-state index contributed by atoms with van der Waals surface area (Å²) in [4.78, 5) is 2.89. The highest BCUT2D eigenvalue weighted by Crippen LogP contribution is 2.40. The molecule has 2 rings (SSSR count). The van der Waals surface area contributed by atoms with Crippen molar-refractivity contribution < 1.29 is 0 Å². The fourth-order valence-electron chi connectivity index (χ4n) is 4.47. The van der Waals surface area contributed by atoms with Crippen LogP contribution in [0.25, 0.3) is 0 Å². The monoisotopic (exact) mass is 280 g/mol. The zero-order valence-electron chi connectivity index (χ0n) is 14.4. The van der Waals surface area contributed by atoms with Crippen LogP contribution in [0, 0.1) is 11.3 Å². The van der Waals surface area contributed by atoms with E-state index < -0.39 is 0 Å². The van der Waals surface area contributed by atoms with Gasteiger partial charge in [0.1, 0.15) is 0 Å². The minimum absolute atomic E-state index is 0.505. The molecular formula is C18H36N2. The van der Waals surface area contributed by atoms with Gasteiger partial charge < -0.3 is 5.32 Å². The molecule has 1 N–H and O–H groups in total. The van der Waals surface area contributed by atoms with E-state index in [1.54, 1.807) is 0 Å². The van der Waals surface area contributed by atoms with E-state index in [0.717, 1.165) is 18.0 Å². The van der Waals surface area contributed by atoms with Crippen molar-refractivity contribution in [3.8, 4) is 0 Å². The number of rotatable bonds is 4. The maximum absolute atomic E-state index is 3.81. The van der Waals surface area contributed by atoms with Crippen LogP contribution in [0.2, 0.25) is 0 Å². The molecule has 0 amide bonds. The second kappa shape index (κ2) is 6.79. The van der Waals surface area contributed by atoms with Crippen molar-refractivity contribution in [1.82, 2.24) is 10.2 Å². The molecule has 1 saturated heterocycles. The number of piperazine rings is 1. The van der Waals surface area contributed by atoms with Crippen molar-refractivity contribution in [2.75, 3.05) is 13.1 Å². The third-order valence-corrected chi connectivity index (χ3v) is 5.62. The van der Waals surface area contributed by atoms with E-state index in [2.05, 4.69) is 44.8 Å². The summed E-state index contributed by atoms with van der Waals surface area (Å²) in [6.45, 7) is 14.5. The summed E-state index contributed by atoms with van der Waals surface area (Å²) in [7, 11) is 0. The fourth-order valence-corrected chi connectivity index (χ4v) is 4.47. The summed E-state index contributed by atoms with van der Waals surface area (Å²) < 4.78 is 0. The molecule has 2 nitrogen and oxygen atoms in total. The number of hydrogen-bond acceptors (Lipinski definition) is 2. The first kappa shape index (κ1) is 16.3. The molecule has 0 aromatic carbocycles. The lowest BCUT2D eigenvalue weighted by Gasteiger charge is -2.52. The largest absolute Gasteiger partial charge is 0.311 e. The Kier molecular flexibility index (Phi) is 5.53. The SMILES string of the molecule is CCC1CNC(CC(C)C)CN1C1CCCCC1(C)C. The van der Waals surface area contributed by atoms with Gasteiger partial charge in [0.05, 0.1) is 0 Å². The lowest BCUT2D eigenvalue weighted by Crippen LogP contribution is -2.62.